The molecule has 0 radical (unpaired) electrons. The van der Waals surface area contributed by atoms with Crippen molar-refractivity contribution in [2.45, 2.75) is 6.10 Å². The van der Waals surface area contributed by atoms with Gasteiger partial charge in [-0.15, -0.1) is 0 Å². The molecule has 1 aromatic carbocycles. The smallest absolute Gasteiger partial charge is 0.129 e. The number of nitrogens with zero attached hydrogens (tertiary/aromatic N) is 2. The van der Waals surface area contributed by atoms with Gasteiger partial charge < -0.3 is 5.11 Å². The Morgan fingerprint density at radius 3 is 2.81 bits per heavy atom. The zero-order chi connectivity index (χ0) is 11.7. The molecule has 2 rings (SSSR count). The number of hydrogen-bond acceptors (Lipinski definition) is 2. The van der Waals surface area contributed by atoms with Crippen LogP contribution < -0.4 is 0 Å². The lowest BCUT2D eigenvalue weighted by Gasteiger charge is -2.12. The first-order chi connectivity index (χ1) is 7.59. The number of halogens is 2. The summed E-state index contributed by atoms with van der Waals surface area (Å²) in [5, 5.41) is 14.0. The lowest BCUT2D eigenvalue weighted by atomic mass is 10.1. The molecule has 16 heavy (non-hydrogen) atoms. The van der Waals surface area contributed by atoms with Crippen LogP contribution in [0.25, 0.3) is 0 Å². The number of rotatable bonds is 2. The predicted molar refractivity (Wildman–Crippen MR) is 61.4 cm³/mol. The summed E-state index contributed by atoms with van der Waals surface area (Å²) >= 11 is 3.25. The molecule has 0 amide bonds. The molecule has 0 bridgehead atoms. The van der Waals surface area contributed by atoms with Crippen molar-refractivity contribution in [2.75, 3.05) is 0 Å². The second-order valence-electron chi connectivity index (χ2n) is 3.45. The van der Waals surface area contributed by atoms with E-state index >= 15 is 0 Å². The standard InChI is InChI=1S/C11H10BrFN2O/c1-15-10(4-5-14-15)11(16)8-6-7(12)2-3-9(8)13/h2-6,11,16H,1H3. The molecule has 0 aliphatic carbocycles. The van der Waals surface area contributed by atoms with Gasteiger partial charge in [0.05, 0.1) is 5.69 Å². The van der Waals surface area contributed by atoms with Gasteiger partial charge in [-0.1, -0.05) is 15.9 Å². The van der Waals surface area contributed by atoms with Gasteiger partial charge in [-0.05, 0) is 24.3 Å². The molecule has 0 fully saturated rings. The highest BCUT2D eigenvalue weighted by Crippen LogP contribution is 2.26. The molecular weight excluding hydrogens is 275 g/mol. The second-order valence-corrected chi connectivity index (χ2v) is 4.36. The predicted octanol–water partition coefficient (Wildman–Crippen LogP) is 2.40. The molecular formula is C11H10BrFN2O. The van der Waals surface area contributed by atoms with Crippen LogP contribution in [0.5, 0.6) is 0 Å². The normalized spacial score (nSPS) is 12.8. The Morgan fingerprint density at radius 1 is 1.44 bits per heavy atom. The van der Waals surface area contributed by atoms with E-state index in [1.165, 1.54) is 10.7 Å². The first-order valence-electron chi connectivity index (χ1n) is 4.70. The molecule has 0 spiro atoms. The highest BCUT2D eigenvalue weighted by atomic mass is 79.9. The second kappa shape index (κ2) is 4.35. The minimum atomic E-state index is -1.01. The summed E-state index contributed by atoms with van der Waals surface area (Å²) in [6.45, 7) is 0. The topological polar surface area (TPSA) is 38.0 Å². The van der Waals surface area contributed by atoms with Crippen molar-refractivity contribution < 1.29 is 9.50 Å². The van der Waals surface area contributed by atoms with Crippen molar-refractivity contribution in [3.05, 3.63) is 52.0 Å². The summed E-state index contributed by atoms with van der Waals surface area (Å²) in [6, 6.07) is 6.13. The third-order valence-electron chi connectivity index (χ3n) is 2.39. The molecule has 5 heteroatoms. The first kappa shape index (κ1) is 11.3. The monoisotopic (exact) mass is 284 g/mol. The Bertz CT molecular complexity index is 512. The van der Waals surface area contributed by atoms with Gasteiger partial charge in [-0.3, -0.25) is 4.68 Å². The summed E-state index contributed by atoms with van der Waals surface area (Å²) in [5.74, 6) is -0.433. The summed E-state index contributed by atoms with van der Waals surface area (Å²) < 4.78 is 15.8. The Balaban J connectivity index is 2.45. The fraction of sp³-hybridized carbons (Fsp3) is 0.182. The van der Waals surface area contributed by atoms with Gasteiger partial charge in [0, 0.05) is 23.3 Å². The van der Waals surface area contributed by atoms with Gasteiger partial charge in [0.2, 0.25) is 0 Å². The van der Waals surface area contributed by atoms with Gasteiger partial charge in [0.1, 0.15) is 11.9 Å². The molecule has 1 atom stereocenters. The molecule has 1 aromatic heterocycles. The molecule has 1 heterocycles. The number of aliphatic hydroxyl groups excluding tert-OH is 1. The summed E-state index contributed by atoms with van der Waals surface area (Å²) in [4.78, 5) is 0. The lowest BCUT2D eigenvalue weighted by molar-refractivity contribution is 0.204. The summed E-state index contributed by atoms with van der Waals surface area (Å²) in [5.41, 5.74) is 0.787. The van der Waals surface area contributed by atoms with Gasteiger partial charge in [0.25, 0.3) is 0 Å². The number of hydrogen-bond donors (Lipinski definition) is 1. The molecule has 0 aliphatic heterocycles. The maximum Gasteiger partial charge on any atom is 0.129 e. The minimum Gasteiger partial charge on any atom is -0.382 e. The van der Waals surface area contributed by atoms with E-state index in [1.54, 1.807) is 31.4 Å². The van der Waals surface area contributed by atoms with Crippen LogP contribution in [0.15, 0.2) is 34.9 Å². The molecule has 3 nitrogen and oxygen atoms in total. The van der Waals surface area contributed by atoms with Crippen molar-refractivity contribution in [1.82, 2.24) is 9.78 Å². The minimum absolute atomic E-state index is 0.234. The maximum absolute atomic E-state index is 13.5. The summed E-state index contributed by atoms with van der Waals surface area (Å²) in [6.07, 6.45) is 0.555. The molecule has 0 aliphatic rings. The van der Waals surface area contributed by atoms with E-state index < -0.39 is 11.9 Å². The quantitative estimate of drug-likeness (QED) is 0.920. The van der Waals surface area contributed by atoms with Crippen LogP contribution in [0.3, 0.4) is 0 Å². The highest BCUT2D eigenvalue weighted by Gasteiger charge is 2.17. The number of aryl methyl sites for hydroxylation is 1. The third-order valence-corrected chi connectivity index (χ3v) is 2.88. The Morgan fingerprint density at radius 2 is 2.19 bits per heavy atom. The number of aromatic nitrogens is 2. The van der Waals surface area contributed by atoms with Gasteiger partial charge >= 0.3 is 0 Å². The van der Waals surface area contributed by atoms with Crippen LogP contribution in [0.2, 0.25) is 0 Å². The van der Waals surface area contributed by atoms with Gasteiger partial charge in [-0.25, -0.2) is 4.39 Å². The Hall–Kier alpha value is -1.20. The molecule has 84 valence electrons. The fourth-order valence-electron chi connectivity index (χ4n) is 1.54. The number of benzene rings is 1. The first-order valence-corrected chi connectivity index (χ1v) is 5.50. The molecule has 1 N–H and O–H groups in total. The average molecular weight is 285 g/mol. The highest BCUT2D eigenvalue weighted by molar-refractivity contribution is 9.10. The van der Waals surface area contributed by atoms with Gasteiger partial charge in [-0.2, -0.15) is 5.10 Å². The summed E-state index contributed by atoms with van der Waals surface area (Å²) in [7, 11) is 1.70. The molecule has 1 unspecified atom stereocenters. The van der Waals surface area contributed by atoms with E-state index in [9.17, 15) is 9.50 Å². The Kier molecular flexibility index (Phi) is 3.07. The van der Waals surface area contributed by atoms with E-state index in [0.29, 0.717) is 5.69 Å². The van der Waals surface area contributed by atoms with E-state index in [-0.39, 0.29) is 5.56 Å². The van der Waals surface area contributed by atoms with Crippen molar-refractivity contribution in [3.63, 3.8) is 0 Å². The van der Waals surface area contributed by atoms with Crippen LogP contribution in [-0.2, 0) is 7.05 Å². The Labute approximate surface area is 101 Å². The van der Waals surface area contributed by atoms with E-state index in [2.05, 4.69) is 21.0 Å². The SMILES string of the molecule is Cn1nccc1C(O)c1cc(Br)ccc1F. The van der Waals surface area contributed by atoms with Crippen molar-refractivity contribution in [3.8, 4) is 0 Å². The lowest BCUT2D eigenvalue weighted by Crippen LogP contribution is -2.08. The van der Waals surface area contributed by atoms with Crippen molar-refractivity contribution >= 4 is 15.9 Å². The van der Waals surface area contributed by atoms with E-state index in [4.69, 9.17) is 0 Å². The number of aliphatic hydroxyl groups is 1. The zero-order valence-corrected chi connectivity index (χ0v) is 10.1. The third kappa shape index (κ3) is 2.01. The van der Waals surface area contributed by atoms with Crippen molar-refractivity contribution in [2.24, 2.45) is 7.05 Å². The van der Waals surface area contributed by atoms with Crippen LogP contribution in [0, 0.1) is 5.82 Å². The van der Waals surface area contributed by atoms with E-state index in [0.717, 1.165) is 4.47 Å². The molecule has 0 saturated carbocycles. The van der Waals surface area contributed by atoms with E-state index in [1.807, 2.05) is 0 Å². The average Bonchev–Trinajstić information content (AvgIpc) is 2.67. The van der Waals surface area contributed by atoms with Crippen molar-refractivity contribution in [1.29, 1.82) is 0 Å². The largest absolute Gasteiger partial charge is 0.382 e. The fourth-order valence-corrected chi connectivity index (χ4v) is 1.91. The zero-order valence-electron chi connectivity index (χ0n) is 8.56. The van der Waals surface area contributed by atoms with Crippen LogP contribution in [0.1, 0.15) is 17.4 Å². The molecule has 2 aromatic rings. The van der Waals surface area contributed by atoms with Gasteiger partial charge in [0.15, 0.2) is 0 Å². The van der Waals surface area contributed by atoms with Crippen LogP contribution >= 0.6 is 15.9 Å². The van der Waals surface area contributed by atoms with Crippen LogP contribution in [-0.4, -0.2) is 14.9 Å². The molecule has 0 saturated heterocycles. The van der Waals surface area contributed by atoms with Crippen LogP contribution in [0.4, 0.5) is 4.39 Å². The maximum atomic E-state index is 13.5.